The van der Waals surface area contributed by atoms with E-state index in [0.29, 0.717) is 21.3 Å². The number of pyridine rings is 1. The van der Waals surface area contributed by atoms with Crippen LogP contribution in [0.3, 0.4) is 0 Å². The molecule has 2 aromatic rings. The van der Waals surface area contributed by atoms with Gasteiger partial charge in [-0.1, -0.05) is 47.0 Å². The molecule has 0 saturated carbocycles. The van der Waals surface area contributed by atoms with Crippen LogP contribution in [-0.2, 0) is 35.3 Å². The first-order chi connectivity index (χ1) is 21.9. The summed E-state index contributed by atoms with van der Waals surface area (Å²) in [6, 6.07) is 3.49. The van der Waals surface area contributed by atoms with E-state index >= 15 is 0 Å². The Morgan fingerprint density at radius 1 is 1.28 bits per heavy atom. The number of fused-ring (bicyclic) bond motifs is 1. The number of aromatic nitrogens is 3. The quantitative estimate of drug-likeness (QED) is 0.0425. The molecule has 16 nitrogen and oxygen atoms in total. The van der Waals surface area contributed by atoms with Gasteiger partial charge in [0, 0.05) is 11.5 Å². The van der Waals surface area contributed by atoms with Gasteiger partial charge in [0.2, 0.25) is 6.41 Å². The topological polar surface area (TPSA) is 214 Å². The third-order valence-corrected chi connectivity index (χ3v) is 9.38. The minimum atomic E-state index is -1.28. The number of β-lactam (4-membered cyclic amide) rings is 1. The van der Waals surface area contributed by atoms with Crippen molar-refractivity contribution in [1.29, 1.82) is 0 Å². The van der Waals surface area contributed by atoms with Gasteiger partial charge >= 0.3 is 12.1 Å². The van der Waals surface area contributed by atoms with Gasteiger partial charge < -0.3 is 30.6 Å². The molecule has 0 bridgehead atoms. The number of carboxylic acids is 1. The zero-order valence-electron chi connectivity index (χ0n) is 24.8. The maximum absolute atomic E-state index is 13.3. The lowest BCUT2D eigenvalue weighted by molar-refractivity contribution is -0.150. The van der Waals surface area contributed by atoms with Crippen molar-refractivity contribution in [1.82, 2.24) is 30.7 Å². The van der Waals surface area contributed by atoms with Gasteiger partial charge in [0.1, 0.15) is 45.8 Å². The zero-order chi connectivity index (χ0) is 33.4. The number of carbonyl (C=O) groups excluding carboxylic acids is 4. The summed E-state index contributed by atoms with van der Waals surface area (Å²) in [5, 5.41) is 29.5. The van der Waals surface area contributed by atoms with Crippen LogP contribution in [0.1, 0.15) is 31.5 Å². The molecule has 0 radical (unpaired) electrons. The van der Waals surface area contributed by atoms with E-state index in [1.807, 2.05) is 0 Å². The number of oxime groups is 1. The van der Waals surface area contributed by atoms with E-state index in [0.717, 1.165) is 4.90 Å². The number of hydrogen-bond acceptors (Lipinski definition) is 14. The molecule has 1 saturated heterocycles. The fourth-order valence-corrected chi connectivity index (χ4v) is 7.37. The number of thioether (sulfide) groups is 2. The van der Waals surface area contributed by atoms with E-state index in [4.69, 9.17) is 9.57 Å². The summed E-state index contributed by atoms with van der Waals surface area (Å²) in [6.45, 7) is 8.90. The van der Waals surface area contributed by atoms with Crippen molar-refractivity contribution in [2.45, 2.75) is 48.7 Å². The highest BCUT2D eigenvalue weighted by Crippen LogP contribution is 2.41. The third-order valence-electron chi connectivity index (χ3n) is 5.90. The lowest BCUT2D eigenvalue weighted by Crippen LogP contribution is -2.71. The van der Waals surface area contributed by atoms with E-state index < -0.39 is 40.9 Å². The van der Waals surface area contributed by atoms with E-state index in [-0.39, 0.29) is 47.6 Å². The fraction of sp³-hybridized carbons (Fsp3) is 0.370. The largest absolute Gasteiger partial charge is 0.477 e. The highest BCUT2D eigenvalue weighted by Gasteiger charge is 2.54. The first kappa shape index (κ1) is 34.4. The molecule has 0 aromatic carbocycles. The third kappa shape index (κ3) is 8.61. The number of amides is 4. The van der Waals surface area contributed by atoms with Gasteiger partial charge in [-0.05, 0) is 38.5 Å². The Labute approximate surface area is 275 Å². The Balaban J connectivity index is 1.41. The molecule has 0 spiro atoms. The minimum Gasteiger partial charge on any atom is -0.477 e. The predicted octanol–water partition coefficient (Wildman–Crippen LogP) is 1.96. The summed E-state index contributed by atoms with van der Waals surface area (Å²) < 4.78 is 5.76. The monoisotopic (exact) mass is 690 g/mol. The number of nitrogens with one attached hydrogen (secondary N) is 3. The minimum absolute atomic E-state index is 0.00738. The second-order valence-electron chi connectivity index (χ2n) is 10.4. The van der Waals surface area contributed by atoms with Crippen molar-refractivity contribution < 1.29 is 38.7 Å². The van der Waals surface area contributed by atoms with Crippen LogP contribution in [0.5, 0.6) is 0 Å². The Hall–Kier alpha value is -4.49. The molecule has 1 unspecified atom stereocenters. The van der Waals surface area contributed by atoms with Crippen LogP contribution in [0, 0.1) is 0 Å². The van der Waals surface area contributed by atoms with E-state index in [1.165, 1.54) is 53.1 Å². The van der Waals surface area contributed by atoms with Crippen LogP contribution in [0.25, 0.3) is 0 Å². The molecular weight excluding hydrogens is 661 g/mol. The molecule has 1 fully saturated rings. The Kier molecular flexibility index (Phi) is 11.4. The molecular formula is C27H30N8O8S3. The molecule has 4 rings (SSSR count). The molecule has 46 heavy (non-hydrogen) atoms. The number of anilines is 1. The predicted molar refractivity (Wildman–Crippen MR) is 170 cm³/mol. The summed E-state index contributed by atoms with van der Waals surface area (Å²) in [5.74, 6) is -1.99. The number of aliphatic carboxylic acids is 1. The van der Waals surface area contributed by atoms with Crippen molar-refractivity contribution >= 4 is 76.7 Å². The van der Waals surface area contributed by atoms with Gasteiger partial charge in [-0.3, -0.25) is 19.3 Å². The van der Waals surface area contributed by atoms with Gasteiger partial charge in [-0.2, -0.15) is 0 Å². The number of carbonyl (C=O) groups is 5. The summed E-state index contributed by atoms with van der Waals surface area (Å²) in [4.78, 5) is 72.0. The van der Waals surface area contributed by atoms with Crippen molar-refractivity contribution in [3.63, 3.8) is 0 Å². The van der Waals surface area contributed by atoms with Gasteiger partial charge in [-0.15, -0.1) is 22.0 Å². The molecule has 0 aliphatic carbocycles. The number of rotatable bonds is 14. The van der Waals surface area contributed by atoms with Crippen LogP contribution in [0.4, 0.5) is 10.6 Å². The molecule has 4 amide bonds. The van der Waals surface area contributed by atoms with Gasteiger partial charge in [0.25, 0.3) is 11.8 Å². The lowest BCUT2D eigenvalue weighted by Gasteiger charge is -2.49. The number of hydrogen-bond donors (Lipinski definition) is 4. The molecule has 2 aromatic heterocycles. The average molecular weight is 691 g/mol. The Morgan fingerprint density at radius 2 is 2.07 bits per heavy atom. The van der Waals surface area contributed by atoms with Crippen molar-refractivity contribution in [3.05, 3.63) is 52.8 Å². The van der Waals surface area contributed by atoms with Crippen LogP contribution in [-0.4, -0.2) is 96.3 Å². The first-order valence-corrected chi connectivity index (χ1v) is 16.4. The second kappa shape index (κ2) is 15.2. The molecule has 19 heteroatoms. The van der Waals surface area contributed by atoms with Gasteiger partial charge in [0.05, 0.1) is 6.54 Å². The number of nitrogens with zero attached hydrogens (tertiary/aromatic N) is 5. The molecule has 2 aliphatic rings. The number of carboxylic acid groups (broad SMARTS) is 1. The van der Waals surface area contributed by atoms with Gasteiger partial charge in [0.15, 0.2) is 10.1 Å². The van der Waals surface area contributed by atoms with E-state index in [9.17, 15) is 29.1 Å². The zero-order valence-corrected chi connectivity index (χ0v) is 27.3. The molecule has 4 heterocycles. The molecule has 2 aliphatic heterocycles. The maximum Gasteiger partial charge on any atom is 0.408 e. The molecule has 2 atom stereocenters. The number of alkyl carbamates (subject to hydrolysis) is 1. The van der Waals surface area contributed by atoms with Crippen LogP contribution in [0.15, 0.2) is 51.6 Å². The fourth-order valence-electron chi connectivity index (χ4n) is 4.05. The smallest absolute Gasteiger partial charge is 0.408 e. The SMILES string of the molecule is C=CCON=C(C(=O)NC1C(=O)N2C(C(=O)O)=C(CSc3nnc(CNC(=O)OC(C)(C)C)s3)CS[C@@H]12)c1cccc(NC=O)n1. The van der Waals surface area contributed by atoms with Gasteiger partial charge in [-0.25, -0.2) is 14.6 Å². The van der Waals surface area contributed by atoms with Crippen molar-refractivity contribution in [3.8, 4) is 0 Å². The summed E-state index contributed by atoms with van der Waals surface area (Å²) >= 11 is 3.80. The highest BCUT2D eigenvalue weighted by atomic mass is 32.2. The standard InChI is InChI=1S/C27H30N8O8S3/c1-5-9-42-34-18(15-7-6-8-16(30-15)29-13-36)21(37)31-19-22(38)35-20(24(39)40)14(11-44-23(19)35)12-45-26-33-32-17(46-26)10-28-25(41)43-27(2,3)4/h5-8,13,19,23H,1,9-12H2,2-4H3,(H,28,41)(H,31,37)(H,39,40)(H,29,30,36)/t19?,23-/m0/s1. The first-order valence-electron chi connectivity index (χ1n) is 13.5. The van der Waals surface area contributed by atoms with Crippen LogP contribution < -0.4 is 16.0 Å². The summed E-state index contributed by atoms with van der Waals surface area (Å²) in [7, 11) is 0. The summed E-state index contributed by atoms with van der Waals surface area (Å²) in [5.41, 5.74) is -0.476. The maximum atomic E-state index is 13.3. The second-order valence-corrected chi connectivity index (χ2v) is 13.8. The van der Waals surface area contributed by atoms with Crippen LogP contribution in [0.2, 0.25) is 0 Å². The Bertz CT molecular complexity index is 1590. The van der Waals surface area contributed by atoms with Crippen molar-refractivity contribution in [2.75, 3.05) is 23.4 Å². The van der Waals surface area contributed by atoms with Crippen molar-refractivity contribution in [2.24, 2.45) is 5.16 Å². The van der Waals surface area contributed by atoms with E-state index in [1.54, 1.807) is 26.8 Å². The van der Waals surface area contributed by atoms with E-state index in [2.05, 4.69) is 42.9 Å². The summed E-state index contributed by atoms with van der Waals surface area (Å²) in [6.07, 6.45) is 1.27. The normalized spacial score (nSPS) is 17.8. The molecule has 4 N–H and O–H groups in total. The average Bonchev–Trinajstić information content (AvgIpc) is 3.46. The highest BCUT2D eigenvalue weighted by molar-refractivity contribution is 8.01. The number of ether oxygens (including phenoxy) is 1. The molecule has 244 valence electrons. The Morgan fingerprint density at radius 3 is 2.76 bits per heavy atom. The van der Waals surface area contributed by atoms with Crippen LogP contribution >= 0.6 is 34.9 Å². The lowest BCUT2D eigenvalue weighted by atomic mass is 10.0.